The molecule has 136 valence electrons. The third-order valence-corrected chi connectivity index (χ3v) is 4.22. The highest BCUT2D eigenvalue weighted by Gasteiger charge is 2.29. The molecule has 0 aliphatic carbocycles. The van der Waals surface area contributed by atoms with Gasteiger partial charge in [-0.1, -0.05) is 35.5 Å². The molecular formula is C20H17FN4O2. The van der Waals surface area contributed by atoms with E-state index in [4.69, 9.17) is 4.84 Å². The Morgan fingerprint density at radius 1 is 1.19 bits per heavy atom. The number of halogens is 1. The highest BCUT2D eigenvalue weighted by atomic mass is 19.1. The molecule has 1 N–H and O–H groups in total. The quantitative estimate of drug-likeness (QED) is 0.771. The van der Waals surface area contributed by atoms with E-state index in [9.17, 15) is 9.18 Å². The summed E-state index contributed by atoms with van der Waals surface area (Å²) >= 11 is 0. The Kier molecular flexibility index (Phi) is 4.42. The summed E-state index contributed by atoms with van der Waals surface area (Å²) in [7, 11) is 0. The van der Waals surface area contributed by atoms with Crippen molar-refractivity contribution in [3.05, 3.63) is 77.7 Å². The minimum Gasteiger partial charge on any atom is -0.382 e. The minimum absolute atomic E-state index is 0.312. The summed E-state index contributed by atoms with van der Waals surface area (Å²) in [5, 5.41) is 11.2. The number of anilines is 1. The molecular weight excluding hydrogens is 347 g/mol. The Morgan fingerprint density at radius 2 is 1.93 bits per heavy atom. The van der Waals surface area contributed by atoms with E-state index in [-0.39, 0.29) is 11.7 Å². The number of hydrogen-bond acceptors (Lipinski definition) is 4. The van der Waals surface area contributed by atoms with Gasteiger partial charge in [-0.15, -0.1) is 0 Å². The van der Waals surface area contributed by atoms with Gasteiger partial charge in [0.05, 0.1) is 17.1 Å². The Balaban J connectivity index is 1.49. The summed E-state index contributed by atoms with van der Waals surface area (Å²) in [6.45, 7) is 1.82. The molecule has 0 bridgehead atoms. The van der Waals surface area contributed by atoms with E-state index in [0.29, 0.717) is 17.9 Å². The van der Waals surface area contributed by atoms with Gasteiger partial charge in [0.15, 0.2) is 0 Å². The van der Waals surface area contributed by atoms with E-state index >= 15 is 0 Å². The average molecular weight is 364 g/mol. The maximum absolute atomic E-state index is 13.2. The van der Waals surface area contributed by atoms with Crippen molar-refractivity contribution in [3.8, 4) is 5.69 Å². The lowest BCUT2D eigenvalue weighted by Crippen LogP contribution is -2.29. The number of rotatable bonds is 4. The van der Waals surface area contributed by atoms with E-state index in [1.807, 2.05) is 37.3 Å². The van der Waals surface area contributed by atoms with Crippen LogP contribution < -0.4 is 5.32 Å². The number of amides is 1. The van der Waals surface area contributed by atoms with Gasteiger partial charge < -0.3 is 10.2 Å². The molecule has 1 unspecified atom stereocenters. The molecule has 1 amide bonds. The first-order valence-electron chi connectivity index (χ1n) is 8.52. The molecule has 6 nitrogen and oxygen atoms in total. The Labute approximate surface area is 155 Å². The van der Waals surface area contributed by atoms with Crippen LogP contribution in [0.25, 0.3) is 5.69 Å². The van der Waals surface area contributed by atoms with Crippen LogP contribution in [0.4, 0.5) is 10.2 Å². The molecule has 7 heteroatoms. The van der Waals surface area contributed by atoms with Crippen molar-refractivity contribution in [2.45, 2.75) is 19.4 Å². The van der Waals surface area contributed by atoms with Gasteiger partial charge in [-0.3, -0.25) is 4.79 Å². The fraction of sp³-hybridized carbons (Fsp3) is 0.150. The zero-order valence-electron chi connectivity index (χ0n) is 14.6. The molecule has 0 spiro atoms. The number of aromatic nitrogens is 2. The molecule has 2 heterocycles. The lowest BCUT2D eigenvalue weighted by molar-refractivity contribution is -0.125. The number of carbonyl (C=O) groups excluding carboxylic acids is 1. The molecule has 1 aliphatic heterocycles. The Morgan fingerprint density at radius 3 is 2.67 bits per heavy atom. The van der Waals surface area contributed by atoms with Crippen LogP contribution in [0, 0.1) is 12.7 Å². The Bertz CT molecular complexity index is 997. The van der Waals surface area contributed by atoms with E-state index < -0.39 is 6.10 Å². The van der Waals surface area contributed by atoms with Gasteiger partial charge in [-0.25, -0.2) is 9.07 Å². The lowest BCUT2D eigenvalue weighted by Gasteiger charge is -2.11. The largest absolute Gasteiger partial charge is 0.382 e. The van der Waals surface area contributed by atoms with Gasteiger partial charge >= 0.3 is 0 Å². The molecule has 1 aromatic heterocycles. The molecule has 1 aliphatic rings. The molecule has 4 rings (SSSR count). The monoisotopic (exact) mass is 364 g/mol. The van der Waals surface area contributed by atoms with Crippen molar-refractivity contribution >= 4 is 17.4 Å². The van der Waals surface area contributed by atoms with Crippen LogP contribution >= 0.6 is 0 Å². The van der Waals surface area contributed by atoms with E-state index in [1.165, 1.54) is 12.1 Å². The van der Waals surface area contributed by atoms with Crippen LogP contribution in [0.15, 0.2) is 65.8 Å². The summed E-state index contributed by atoms with van der Waals surface area (Å²) in [5.41, 5.74) is 3.04. The second kappa shape index (κ2) is 7.03. The van der Waals surface area contributed by atoms with Gasteiger partial charge in [0.1, 0.15) is 11.6 Å². The number of hydrogen-bond donors (Lipinski definition) is 1. The van der Waals surface area contributed by atoms with Crippen molar-refractivity contribution in [2.24, 2.45) is 5.16 Å². The predicted octanol–water partition coefficient (Wildman–Crippen LogP) is 3.45. The van der Waals surface area contributed by atoms with Crippen LogP contribution in [0.3, 0.4) is 0 Å². The molecule has 0 radical (unpaired) electrons. The fourth-order valence-corrected chi connectivity index (χ4v) is 2.89. The smallest absolute Gasteiger partial charge is 0.269 e. The van der Waals surface area contributed by atoms with Crippen molar-refractivity contribution in [3.63, 3.8) is 0 Å². The second-order valence-corrected chi connectivity index (χ2v) is 6.25. The fourth-order valence-electron chi connectivity index (χ4n) is 2.89. The zero-order valence-corrected chi connectivity index (χ0v) is 14.6. The lowest BCUT2D eigenvalue weighted by atomic mass is 10.0. The summed E-state index contributed by atoms with van der Waals surface area (Å²) in [6, 6.07) is 17.2. The van der Waals surface area contributed by atoms with Crippen molar-refractivity contribution < 1.29 is 14.0 Å². The molecule has 3 aromatic rings. The third-order valence-electron chi connectivity index (χ3n) is 4.22. The average Bonchev–Trinajstić information content (AvgIpc) is 3.30. The van der Waals surface area contributed by atoms with Crippen molar-refractivity contribution in [1.82, 2.24) is 9.78 Å². The molecule has 1 atom stereocenters. The first-order valence-corrected chi connectivity index (χ1v) is 8.52. The van der Waals surface area contributed by atoms with Crippen LogP contribution in [-0.4, -0.2) is 27.5 Å². The van der Waals surface area contributed by atoms with Crippen LogP contribution in [0.1, 0.15) is 17.7 Å². The molecule has 0 saturated carbocycles. The van der Waals surface area contributed by atoms with Gasteiger partial charge in [0.25, 0.3) is 5.91 Å². The number of nitrogens with one attached hydrogen (secondary N) is 1. The van der Waals surface area contributed by atoms with Crippen LogP contribution in [0.5, 0.6) is 0 Å². The van der Waals surface area contributed by atoms with Crippen LogP contribution in [-0.2, 0) is 9.63 Å². The first kappa shape index (κ1) is 17.0. The van der Waals surface area contributed by atoms with E-state index in [2.05, 4.69) is 15.6 Å². The predicted molar refractivity (Wildman–Crippen MR) is 99.4 cm³/mol. The normalized spacial score (nSPS) is 15.9. The van der Waals surface area contributed by atoms with Crippen molar-refractivity contribution in [2.75, 3.05) is 5.32 Å². The standard InChI is InChI=1S/C20H17FN4O2/c1-13-11-19(25(23-13)16-9-7-15(21)8-10-16)22-20(26)18-12-17(24-27-18)14-5-3-2-4-6-14/h2-11,18H,12H2,1H3,(H,22,26). The molecule has 0 saturated heterocycles. The van der Waals surface area contributed by atoms with Gasteiger partial charge in [-0.05, 0) is 36.8 Å². The van der Waals surface area contributed by atoms with E-state index in [0.717, 1.165) is 17.0 Å². The summed E-state index contributed by atoms with van der Waals surface area (Å²) in [6.07, 6.45) is -0.323. The number of carbonyl (C=O) groups is 1. The molecule has 27 heavy (non-hydrogen) atoms. The SMILES string of the molecule is Cc1cc(NC(=O)C2CC(c3ccccc3)=NO2)n(-c2ccc(F)cc2)n1. The second-order valence-electron chi connectivity index (χ2n) is 6.25. The first-order chi connectivity index (χ1) is 13.1. The maximum Gasteiger partial charge on any atom is 0.269 e. The summed E-state index contributed by atoms with van der Waals surface area (Å²) < 4.78 is 14.7. The number of benzene rings is 2. The molecule has 0 fully saturated rings. The Hall–Kier alpha value is -3.48. The highest BCUT2D eigenvalue weighted by Crippen LogP contribution is 2.21. The van der Waals surface area contributed by atoms with Gasteiger partial charge in [0.2, 0.25) is 6.10 Å². The summed E-state index contributed by atoms with van der Waals surface area (Å²) in [5.74, 6) is -0.160. The number of oxime groups is 1. The zero-order chi connectivity index (χ0) is 18.8. The molecule has 2 aromatic carbocycles. The third kappa shape index (κ3) is 3.57. The summed E-state index contributed by atoms with van der Waals surface area (Å²) in [4.78, 5) is 17.9. The van der Waals surface area contributed by atoms with Crippen molar-refractivity contribution in [1.29, 1.82) is 0 Å². The van der Waals surface area contributed by atoms with Gasteiger partial charge in [0, 0.05) is 12.5 Å². The van der Waals surface area contributed by atoms with Crippen LogP contribution in [0.2, 0.25) is 0 Å². The number of aryl methyl sites for hydroxylation is 1. The topological polar surface area (TPSA) is 68.5 Å². The van der Waals surface area contributed by atoms with Gasteiger partial charge in [-0.2, -0.15) is 5.10 Å². The van der Waals surface area contributed by atoms with E-state index in [1.54, 1.807) is 22.9 Å². The highest BCUT2D eigenvalue weighted by molar-refractivity contribution is 6.06. The maximum atomic E-state index is 13.2. The number of nitrogens with zero attached hydrogens (tertiary/aromatic N) is 3. The minimum atomic E-state index is -0.711.